The van der Waals surface area contributed by atoms with Crippen molar-refractivity contribution in [1.82, 2.24) is 0 Å². The number of aryl methyl sites for hydroxylation is 1. The van der Waals surface area contributed by atoms with E-state index >= 15 is 0 Å². The van der Waals surface area contributed by atoms with Crippen LogP contribution in [0.15, 0.2) is 27.8 Å². The maximum Gasteiger partial charge on any atom is 0.355 e. The standard InChI is InChI=1S/C10H12N3O4S/c1-8(15)13(3)9-5-4-6-12(2)10(9)18(16,17)11-7-14/h4-6H,1-3H3/q+1. The summed E-state index contributed by atoms with van der Waals surface area (Å²) in [6, 6.07) is 3.03. The van der Waals surface area contributed by atoms with Crippen molar-refractivity contribution >= 4 is 27.7 Å². The Morgan fingerprint density at radius 1 is 1.50 bits per heavy atom. The van der Waals surface area contributed by atoms with Crippen molar-refractivity contribution in [3.8, 4) is 0 Å². The molecule has 0 radical (unpaired) electrons. The lowest BCUT2D eigenvalue weighted by atomic mass is 10.3. The highest BCUT2D eigenvalue weighted by molar-refractivity contribution is 7.90. The highest BCUT2D eigenvalue weighted by Gasteiger charge is 2.31. The number of sulfonamides is 1. The van der Waals surface area contributed by atoms with Gasteiger partial charge < -0.3 is 4.90 Å². The molecule has 0 spiro atoms. The fraction of sp³-hybridized carbons (Fsp3) is 0.300. The molecule has 0 aromatic carbocycles. The van der Waals surface area contributed by atoms with Crippen LogP contribution in [-0.4, -0.2) is 27.5 Å². The fourth-order valence-corrected chi connectivity index (χ4v) is 2.49. The molecule has 0 aliphatic rings. The zero-order chi connectivity index (χ0) is 13.9. The molecule has 7 nitrogen and oxygen atoms in total. The Kier molecular flexibility index (Phi) is 3.95. The Balaban J connectivity index is 3.62. The molecule has 1 heterocycles. The third-order valence-corrected chi connectivity index (χ3v) is 3.64. The Bertz CT molecular complexity index is 633. The van der Waals surface area contributed by atoms with Gasteiger partial charge in [-0.1, -0.05) is 4.40 Å². The Hall–Kier alpha value is -2.05. The normalized spacial score (nSPS) is 10.6. The summed E-state index contributed by atoms with van der Waals surface area (Å²) in [6.07, 6.45) is 2.48. The first-order valence-electron chi connectivity index (χ1n) is 4.88. The van der Waals surface area contributed by atoms with Gasteiger partial charge in [0.15, 0.2) is 6.20 Å². The average Bonchev–Trinajstić information content (AvgIpc) is 2.27. The molecule has 8 heteroatoms. The van der Waals surface area contributed by atoms with E-state index in [0.717, 1.165) is 11.0 Å². The van der Waals surface area contributed by atoms with Crippen LogP contribution in [-0.2, 0) is 26.7 Å². The van der Waals surface area contributed by atoms with Gasteiger partial charge in [0.1, 0.15) is 12.7 Å². The van der Waals surface area contributed by atoms with E-state index in [4.69, 9.17) is 0 Å². The topological polar surface area (TPSA) is 87.8 Å². The van der Waals surface area contributed by atoms with Crippen LogP contribution < -0.4 is 9.47 Å². The largest absolute Gasteiger partial charge is 0.355 e. The van der Waals surface area contributed by atoms with Crippen molar-refractivity contribution in [3.05, 3.63) is 18.3 Å². The SMILES string of the molecule is CC(=O)N(C)c1ccc[n+](C)c1S(=O)(=O)N=C=O. The molecule has 0 aliphatic carbocycles. The number of anilines is 1. The number of carbonyl (C=O) groups is 1. The second kappa shape index (κ2) is 5.07. The Morgan fingerprint density at radius 3 is 2.61 bits per heavy atom. The summed E-state index contributed by atoms with van der Waals surface area (Å²) in [6.45, 7) is 1.30. The summed E-state index contributed by atoms with van der Waals surface area (Å²) < 4.78 is 27.7. The molecule has 0 unspecified atom stereocenters. The molecular weight excluding hydrogens is 258 g/mol. The van der Waals surface area contributed by atoms with Crippen LogP contribution in [0.3, 0.4) is 0 Å². The first-order chi connectivity index (χ1) is 8.31. The third-order valence-electron chi connectivity index (χ3n) is 2.34. The molecule has 1 amide bonds. The molecule has 0 N–H and O–H groups in total. The molecule has 0 saturated carbocycles. The minimum atomic E-state index is -4.18. The number of nitrogens with zero attached hydrogens (tertiary/aromatic N) is 3. The molecule has 0 bridgehead atoms. The zero-order valence-electron chi connectivity index (χ0n) is 10.1. The molecule has 1 aromatic heterocycles. The van der Waals surface area contributed by atoms with E-state index in [2.05, 4.69) is 4.40 Å². The summed E-state index contributed by atoms with van der Waals surface area (Å²) in [5.74, 6) is -0.340. The maximum atomic E-state index is 11.8. The lowest BCUT2D eigenvalue weighted by molar-refractivity contribution is -0.708. The number of hydrogen-bond acceptors (Lipinski definition) is 4. The molecule has 0 aliphatic heterocycles. The van der Waals surface area contributed by atoms with Gasteiger partial charge in [0.2, 0.25) is 5.91 Å². The number of rotatable bonds is 3. The number of aromatic nitrogens is 1. The Morgan fingerprint density at radius 2 is 2.11 bits per heavy atom. The van der Waals surface area contributed by atoms with Gasteiger partial charge in [-0.2, -0.15) is 13.0 Å². The van der Waals surface area contributed by atoms with Crippen molar-refractivity contribution in [2.75, 3.05) is 11.9 Å². The molecule has 0 saturated heterocycles. The van der Waals surface area contributed by atoms with Gasteiger partial charge in [0, 0.05) is 20.0 Å². The van der Waals surface area contributed by atoms with Crippen molar-refractivity contribution < 1.29 is 22.6 Å². The first-order valence-corrected chi connectivity index (χ1v) is 6.32. The van der Waals surface area contributed by atoms with Gasteiger partial charge in [-0.25, -0.2) is 4.79 Å². The van der Waals surface area contributed by atoms with Crippen LogP contribution in [0.5, 0.6) is 0 Å². The van der Waals surface area contributed by atoms with Gasteiger partial charge in [0.25, 0.3) is 6.08 Å². The molecule has 0 fully saturated rings. The van der Waals surface area contributed by atoms with E-state index in [9.17, 15) is 18.0 Å². The Labute approximate surface area is 104 Å². The van der Waals surface area contributed by atoms with Gasteiger partial charge in [0.05, 0.1) is 0 Å². The lowest BCUT2D eigenvalue weighted by Crippen LogP contribution is -2.38. The summed E-state index contributed by atoms with van der Waals surface area (Å²) in [4.78, 5) is 22.6. The van der Waals surface area contributed by atoms with E-state index in [1.165, 1.54) is 37.8 Å². The number of pyridine rings is 1. The van der Waals surface area contributed by atoms with Crippen molar-refractivity contribution in [2.24, 2.45) is 11.4 Å². The molecule has 1 rings (SSSR count). The number of carbonyl (C=O) groups excluding carboxylic acids is 2. The van der Waals surface area contributed by atoms with Crippen LogP contribution in [0, 0.1) is 0 Å². The van der Waals surface area contributed by atoms with Gasteiger partial charge in [-0.15, -0.1) is 0 Å². The molecule has 0 atom stereocenters. The predicted octanol–water partition coefficient (Wildman–Crippen LogP) is -0.482. The highest BCUT2D eigenvalue weighted by Crippen LogP contribution is 2.21. The minimum absolute atomic E-state index is 0.145. The molecule has 96 valence electrons. The number of hydrogen-bond donors (Lipinski definition) is 0. The van der Waals surface area contributed by atoms with Crippen LogP contribution in [0.1, 0.15) is 6.92 Å². The molecular formula is C10H12N3O4S+. The van der Waals surface area contributed by atoms with Crippen molar-refractivity contribution in [3.63, 3.8) is 0 Å². The van der Waals surface area contributed by atoms with E-state index in [1.807, 2.05) is 0 Å². The second-order valence-corrected chi connectivity index (χ2v) is 5.06. The summed E-state index contributed by atoms with van der Waals surface area (Å²) >= 11 is 0. The minimum Gasteiger partial charge on any atom is -0.309 e. The number of isocyanates is 1. The predicted molar refractivity (Wildman–Crippen MR) is 62.0 cm³/mol. The van der Waals surface area contributed by atoms with Crippen LogP contribution in [0.4, 0.5) is 5.69 Å². The third kappa shape index (κ3) is 2.61. The van der Waals surface area contributed by atoms with Gasteiger partial charge in [-0.05, 0) is 6.07 Å². The van der Waals surface area contributed by atoms with E-state index < -0.39 is 10.0 Å². The van der Waals surface area contributed by atoms with Gasteiger partial charge in [-0.3, -0.25) is 4.79 Å². The maximum absolute atomic E-state index is 11.8. The van der Waals surface area contributed by atoms with E-state index in [-0.39, 0.29) is 16.6 Å². The quantitative estimate of drug-likeness (QED) is 0.421. The monoisotopic (exact) mass is 270 g/mol. The summed E-state index contributed by atoms with van der Waals surface area (Å²) in [5.41, 5.74) is 0.145. The highest BCUT2D eigenvalue weighted by atomic mass is 32.2. The summed E-state index contributed by atoms with van der Waals surface area (Å²) in [7, 11) is -1.27. The average molecular weight is 270 g/mol. The van der Waals surface area contributed by atoms with Crippen molar-refractivity contribution in [1.29, 1.82) is 0 Å². The smallest absolute Gasteiger partial charge is 0.309 e. The fourth-order valence-electron chi connectivity index (χ4n) is 1.41. The van der Waals surface area contributed by atoms with Crippen LogP contribution >= 0.6 is 0 Å². The lowest BCUT2D eigenvalue weighted by Gasteiger charge is -2.15. The van der Waals surface area contributed by atoms with Crippen LogP contribution in [0.25, 0.3) is 0 Å². The summed E-state index contributed by atoms with van der Waals surface area (Å²) in [5, 5.41) is -0.244. The van der Waals surface area contributed by atoms with Crippen molar-refractivity contribution in [2.45, 2.75) is 11.9 Å². The zero-order valence-corrected chi connectivity index (χ0v) is 10.9. The van der Waals surface area contributed by atoms with Crippen LogP contribution in [0.2, 0.25) is 0 Å². The van der Waals surface area contributed by atoms with E-state index in [0.29, 0.717) is 0 Å². The molecule has 18 heavy (non-hydrogen) atoms. The number of amides is 1. The second-order valence-electron chi connectivity index (χ2n) is 3.55. The van der Waals surface area contributed by atoms with E-state index in [1.54, 1.807) is 6.07 Å². The van der Waals surface area contributed by atoms with Gasteiger partial charge >= 0.3 is 15.0 Å². The first kappa shape index (κ1) is 14.0. The molecule has 1 aromatic rings.